The maximum absolute atomic E-state index is 11.2. The van der Waals surface area contributed by atoms with Crippen LogP contribution in [0.3, 0.4) is 0 Å². The number of carbonyl (C=O) groups excluding carboxylic acids is 2. The van der Waals surface area contributed by atoms with Crippen molar-refractivity contribution in [2.75, 3.05) is 6.61 Å². The number of primary amides is 2. The second kappa shape index (κ2) is 6.86. The fraction of sp³-hybridized carbons (Fsp3) is 0.267. The number of aryl methyl sites for hydroxylation is 1. The molecule has 116 valence electrons. The van der Waals surface area contributed by atoms with Gasteiger partial charge in [0, 0.05) is 11.8 Å². The van der Waals surface area contributed by atoms with Gasteiger partial charge in [0.05, 0.1) is 19.0 Å². The van der Waals surface area contributed by atoms with E-state index in [0.29, 0.717) is 18.4 Å². The number of imidazole rings is 1. The molecule has 0 aliphatic heterocycles. The number of rotatable bonds is 7. The molecule has 2 rings (SSSR count). The van der Waals surface area contributed by atoms with Crippen molar-refractivity contribution in [2.45, 2.75) is 18.9 Å². The predicted molar refractivity (Wildman–Crippen MR) is 80.1 cm³/mol. The van der Waals surface area contributed by atoms with Gasteiger partial charge in [-0.2, -0.15) is 0 Å². The van der Waals surface area contributed by atoms with Crippen LogP contribution in [0.2, 0.25) is 0 Å². The summed E-state index contributed by atoms with van der Waals surface area (Å²) in [7, 11) is 0. The van der Waals surface area contributed by atoms with Crippen molar-refractivity contribution in [3.8, 4) is 0 Å². The van der Waals surface area contributed by atoms with Crippen LogP contribution in [0.15, 0.2) is 36.8 Å². The number of aromatic nitrogens is 2. The van der Waals surface area contributed by atoms with Crippen molar-refractivity contribution in [2.24, 2.45) is 11.5 Å². The second-order valence-electron chi connectivity index (χ2n) is 5.01. The lowest BCUT2D eigenvalue weighted by Gasteiger charge is -2.15. The molecule has 0 fully saturated rings. The number of carbonyl (C=O) groups is 2. The molecule has 0 bridgehead atoms. The van der Waals surface area contributed by atoms with Crippen LogP contribution >= 0.6 is 0 Å². The molecule has 0 saturated carbocycles. The molecule has 2 amide bonds. The molecule has 0 radical (unpaired) electrons. The highest BCUT2D eigenvalue weighted by molar-refractivity contribution is 5.92. The number of hydrogen-bond donors (Lipinski definition) is 3. The Labute approximate surface area is 127 Å². The summed E-state index contributed by atoms with van der Waals surface area (Å²) < 4.78 is 1.66. The number of hydrogen-bond acceptors (Lipinski definition) is 4. The SMILES string of the molecule is NC(=O)c1cccc(CCC(CO)n2cnc(C(N)=O)c2)c1. The van der Waals surface area contributed by atoms with Crippen molar-refractivity contribution in [3.63, 3.8) is 0 Å². The molecule has 0 spiro atoms. The Hall–Kier alpha value is -2.67. The van der Waals surface area contributed by atoms with E-state index < -0.39 is 11.8 Å². The number of aliphatic hydroxyl groups excluding tert-OH is 1. The molecule has 7 nitrogen and oxygen atoms in total. The molecule has 1 heterocycles. The Balaban J connectivity index is 2.05. The topological polar surface area (TPSA) is 124 Å². The van der Waals surface area contributed by atoms with Gasteiger partial charge in [0.15, 0.2) is 0 Å². The number of benzene rings is 1. The summed E-state index contributed by atoms with van der Waals surface area (Å²) >= 11 is 0. The quantitative estimate of drug-likeness (QED) is 0.678. The van der Waals surface area contributed by atoms with Crippen LogP contribution in [0.25, 0.3) is 0 Å². The number of nitrogens with zero attached hydrogens (tertiary/aromatic N) is 2. The molecule has 2 aromatic rings. The van der Waals surface area contributed by atoms with Crippen LogP contribution in [0.4, 0.5) is 0 Å². The Morgan fingerprint density at radius 3 is 2.64 bits per heavy atom. The van der Waals surface area contributed by atoms with Crippen LogP contribution in [0.5, 0.6) is 0 Å². The lowest BCUT2D eigenvalue weighted by Crippen LogP contribution is -2.14. The fourth-order valence-corrected chi connectivity index (χ4v) is 2.21. The van der Waals surface area contributed by atoms with E-state index in [4.69, 9.17) is 11.5 Å². The van der Waals surface area contributed by atoms with E-state index in [-0.39, 0.29) is 18.3 Å². The van der Waals surface area contributed by atoms with Crippen molar-refractivity contribution < 1.29 is 14.7 Å². The molecule has 1 aromatic heterocycles. The molecule has 1 atom stereocenters. The smallest absolute Gasteiger partial charge is 0.268 e. The van der Waals surface area contributed by atoms with E-state index in [1.165, 1.54) is 12.5 Å². The summed E-state index contributed by atoms with van der Waals surface area (Å²) in [5.41, 5.74) is 12.0. The lowest BCUT2D eigenvalue weighted by atomic mass is 10.0. The minimum Gasteiger partial charge on any atom is -0.394 e. The third kappa shape index (κ3) is 3.70. The monoisotopic (exact) mass is 302 g/mol. The standard InChI is InChI=1S/C15H18N4O3/c16-14(21)11-3-1-2-10(6-11)4-5-12(8-20)19-7-13(15(17)22)18-9-19/h1-3,6-7,9,12,20H,4-5,8H2,(H2,16,21)(H2,17,22). The summed E-state index contributed by atoms with van der Waals surface area (Å²) in [6.07, 6.45) is 4.26. The van der Waals surface area contributed by atoms with Gasteiger partial charge in [-0.3, -0.25) is 9.59 Å². The maximum atomic E-state index is 11.2. The first-order chi connectivity index (χ1) is 10.5. The largest absolute Gasteiger partial charge is 0.394 e. The van der Waals surface area contributed by atoms with Gasteiger partial charge in [-0.05, 0) is 30.5 Å². The second-order valence-corrected chi connectivity index (χ2v) is 5.01. The van der Waals surface area contributed by atoms with Gasteiger partial charge in [0.1, 0.15) is 5.69 Å². The predicted octanol–water partition coefficient (Wildman–Crippen LogP) is 0.247. The number of aliphatic hydroxyl groups is 1. The summed E-state index contributed by atoms with van der Waals surface area (Å²) in [6, 6.07) is 6.83. The van der Waals surface area contributed by atoms with E-state index in [1.54, 1.807) is 22.8 Å². The molecular weight excluding hydrogens is 284 g/mol. The zero-order valence-corrected chi connectivity index (χ0v) is 12.0. The van der Waals surface area contributed by atoms with E-state index in [1.807, 2.05) is 6.07 Å². The molecule has 7 heteroatoms. The highest BCUT2D eigenvalue weighted by Crippen LogP contribution is 2.16. The molecule has 1 unspecified atom stereocenters. The van der Waals surface area contributed by atoms with Crippen molar-refractivity contribution in [1.82, 2.24) is 9.55 Å². The molecule has 0 aliphatic carbocycles. The molecular formula is C15H18N4O3. The van der Waals surface area contributed by atoms with Crippen LogP contribution in [-0.2, 0) is 6.42 Å². The van der Waals surface area contributed by atoms with Crippen LogP contribution in [0.1, 0.15) is 38.9 Å². The Morgan fingerprint density at radius 1 is 1.27 bits per heavy atom. The third-order valence-corrected chi connectivity index (χ3v) is 3.46. The Morgan fingerprint density at radius 2 is 2.05 bits per heavy atom. The molecule has 0 aliphatic rings. The Bertz CT molecular complexity index is 681. The van der Waals surface area contributed by atoms with Crippen LogP contribution in [-0.4, -0.2) is 33.1 Å². The maximum Gasteiger partial charge on any atom is 0.268 e. The van der Waals surface area contributed by atoms with Crippen molar-refractivity contribution in [1.29, 1.82) is 0 Å². The first-order valence-electron chi connectivity index (χ1n) is 6.84. The molecule has 5 N–H and O–H groups in total. The summed E-state index contributed by atoms with van der Waals surface area (Å²) in [6.45, 7) is -0.0932. The van der Waals surface area contributed by atoms with Gasteiger partial charge < -0.3 is 21.1 Å². The van der Waals surface area contributed by atoms with E-state index in [0.717, 1.165) is 5.56 Å². The molecule has 0 saturated heterocycles. The van der Waals surface area contributed by atoms with Gasteiger partial charge >= 0.3 is 0 Å². The number of nitrogens with two attached hydrogens (primary N) is 2. The normalized spacial score (nSPS) is 12.0. The van der Waals surface area contributed by atoms with Gasteiger partial charge in [-0.25, -0.2) is 4.98 Å². The van der Waals surface area contributed by atoms with Gasteiger partial charge in [-0.1, -0.05) is 12.1 Å². The zero-order chi connectivity index (χ0) is 16.1. The highest BCUT2D eigenvalue weighted by Gasteiger charge is 2.13. The van der Waals surface area contributed by atoms with Gasteiger partial charge in [0.25, 0.3) is 5.91 Å². The third-order valence-electron chi connectivity index (χ3n) is 3.46. The average molecular weight is 302 g/mol. The van der Waals surface area contributed by atoms with Crippen molar-refractivity contribution >= 4 is 11.8 Å². The first kappa shape index (κ1) is 15.7. The fourth-order valence-electron chi connectivity index (χ4n) is 2.21. The van der Waals surface area contributed by atoms with Crippen LogP contribution in [0, 0.1) is 0 Å². The summed E-state index contributed by atoms with van der Waals surface area (Å²) in [5, 5.41) is 9.51. The minimum atomic E-state index is -0.607. The Kier molecular flexibility index (Phi) is 4.90. The van der Waals surface area contributed by atoms with Gasteiger partial charge in [-0.15, -0.1) is 0 Å². The average Bonchev–Trinajstić information content (AvgIpc) is 2.98. The van der Waals surface area contributed by atoms with Crippen LogP contribution < -0.4 is 11.5 Å². The number of amides is 2. The molecule has 22 heavy (non-hydrogen) atoms. The lowest BCUT2D eigenvalue weighted by molar-refractivity contribution is 0.0989. The minimum absolute atomic E-state index is 0.0932. The van der Waals surface area contributed by atoms with E-state index in [2.05, 4.69) is 4.98 Å². The zero-order valence-electron chi connectivity index (χ0n) is 12.0. The highest BCUT2D eigenvalue weighted by atomic mass is 16.3. The summed E-state index contributed by atoms with van der Waals surface area (Å²) in [5.74, 6) is -1.08. The van der Waals surface area contributed by atoms with E-state index >= 15 is 0 Å². The summed E-state index contributed by atoms with van der Waals surface area (Å²) in [4.78, 5) is 26.1. The van der Waals surface area contributed by atoms with Crippen molar-refractivity contribution in [3.05, 3.63) is 53.6 Å². The molecule has 1 aromatic carbocycles. The van der Waals surface area contributed by atoms with E-state index in [9.17, 15) is 14.7 Å². The van der Waals surface area contributed by atoms with Gasteiger partial charge in [0.2, 0.25) is 5.91 Å². The first-order valence-corrected chi connectivity index (χ1v) is 6.84.